The number of carbonyl (C=O) groups excluding carboxylic acids is 2. The number of hydrogen-bond acceptors (Lipinski definition) is 4. The molecule has 6 nitrogen and oxygen atoms in total. The van der Waals surface area contributed by atoms with Crippen LogP contribution in [0, 0.1) is 5.92 Å². The van der Waals surface area contributed by atoms with E-state index in [1.54, 1.807) is 31.4 Å². The zero-order valence-electron chi connectivity index (χ0n) is 24.7. The minimum atomic E-state index is -0.152. The summed E-state index contributed by atoms with van der Waals surface area (Å²) in [5, 5.41) is 5.49. The summed E-state index contributed by atoms with van der Waals surface area (Å²) in [7, 11) is 1.66. The second-order valence-corrected chi connectivity index (χ2v) is 13.2. The monoisotopic (exact) mass is 651 g/mol. The average molecular weight is 653 g/mol. The van der Waals surface area contributed by atoms with Gasteiger partial charge in [0.15, 0.2) is 5.78 Å². The highest BCUT2D eigenvalue weighted by Gasteiger charge is 2.40. The number of piperidine rings is 1. The van der Waals surface area contributed by atoms with Gasteiger partial charge in [-0.25, -0.2) is 0 Å². The van der Waals surface area contributed by atoms with Crippen LogP contribution in [0.5, 0.6) is 5.75 Å². The molecule has 3 heterocycles. The normalized spacial score (nSPS) is 19.8. The summed E-state index contributed by atoms with van der Waals surface area (Å²) in [5.74, 6) is 1.23. The van der Waals surface area contributed by atoms with Crippen molar-refractivity contribution in [3.63, 3.8) is 0 Å². The molecule has 2 aliphatic heterocycles. The first-order chi connectivity index (χ1) is 21.3. The number of aryl methyl sites for hydroxylation is 1. The predicted octanol–water partition coefficient (Wildman–Crippen LogP) is 8.45. The van der Waals surface area contributed by atoms with E-state index in [4.69, 9.17) is 39.5 Å². The third-order valence-corrected chi connectivity index (χ3v) is 10.2. The largest absolute Gasteiger partial charge is 0.495 e. The van der Waals surface area contributed by atoms with Gasteiger partial charge in [0, 0.05) is 60.3 Å². The fourth-order valence-corrected chi connectivity index (χ4v) is 7.58. The van der Waals surface area contributed by atoms with Crippen molar-refractivity contribution in [1.82, 2.24) is 14.8 Å². The molecule has 0 unspecified atom stereocenters. The zero-order chi connectivity index (χ0) is 30.8. The molecule has 0 saturated carbocycles. The Kier molecular flexibility index (Phi) is 9.53. The number of benzene rings is 3. The third-order valence-electron chi connectivity index (χ3n) is 9.20. The van der Waals surface area contributed by atoms with Gasteiger partial charge in [0.2, 0.25) is 0 Å². The molecular formula is C35H36Cl3N3O3. The first kappa shape index (κ1) is 31.0. The highest BCUT2D eigenvalue weighted by Crippen LogP contribution is 2.40. The van der Waals surface area contributed by atoms with Gasteiger partial charge in [-0.2, -0.15) is 0 Å². The maximum absolute atomic E-state index is 13.4. The van der Waals surface area contributed by atoms with Crippen LogP contribution in [0.25, 0.3) is 10.9 Å². The molecule has 1 N–H and O–H groups in total. The number of Topliss-reactive ketones (excluding diaryl/α,β-unsaturated/α-hetero) is 1. The molecule has 0 spiro atoms. The van der Waals surface area contributed by atoms with Crippen LogP contribution in [-0.4, -0.2) is 46.9 Å². The van der Waals surface area contributed by atoms with Crippen molar-refractivity contribution in [3.05, 3.63) is 98.6 Å². The number of aromatic nitrogens is 1. The lowest BCUT2D eigenvalue weighted by atomic mass is 9.85. The molecule has 9 heteroatoms. The van der Waals surface area contributed by atoms with Crippen molar-refractivity contribution in [1.29, 1.82) is 0 Å². The maximum atomic E-state index is 13.4. The maximum Gasteiger partial charge on any atom is 0.253 e. The van der Waals surface area contributed by atoms with Gasteiger partial charge in [-0.1, -0.05) is 53.0 Å². The fraction of sp³-hybridized carbons (Fsp3) is 0.371. The van der Waals surface area contributed by atoms with Gasteiger partial charge in [0.05, 0.1) is 28.2 Å². The van der Waals surface area contributed by atoms with E-state index in [0.717, 1.165) is 60.1 Å². The Morgan fingerprint density at radius 1 is 0.932 bits per heavy atom. The predicted molar refractivity (Wildman–Crippen MR) is 177 cm³/mol. The number of rotatable bonds is 11. The first-order valence-corrected chi connectivity index (χ1v) is 16.4. The minimum Gasteiger partial charge on any atom is -0.495 e. The molecular weight excluding hydrogens is 617 g/mol. The number of fused-ring (bicyclic) bond motifs is 3. The topological polar surface area (TPSA) is 63.6 Å². The molecule has 4 aromatic rings. The van der Waals surface area contributed by atoms with Gasteiger partial charge in [0.1, 0.15) is 5.75 Å². The van der Waals surface area contributed by atoms with E-state index in [2.05, 4.69) is 14.8 Å². The van der Waals surface area contributed by atoms with Crippen LogP contribution in [-0.2, 0) is 13.1 Å². The van der Waals surface area contributed by atoms with Crippen LogP contribution in [0.1, 0.15) is 64.8 Å². The molecule has 6 rings (SSSR count). The number of methoxy groups -OCH3 is 1. The molecule has 2 aliphatic rings. The van der Waals surface area contributed by atoms with E-state index in [0.29, 0.717) is 51.6 Å². The average Bonchev–Trinajstić information content (AvgIpc) is 3.51. The van der Waals surface area contributed by atoms with Crippen LogP contribution >= 0.6 is 34.8 Å². The van der Waals surface area contributed by atoms with Crippen LogP contribution in [0.15, 0.2) is 66.9 Å². The summed E-state index contributed by atoms with van der Waals surface area (Å²) >= 11 is 18.2. The Morgan fingerprint density at radius 2 is 1.68 bits per heavy atom. The number of hydrogen-bond donors (Lipinski definition) is 1. The van der Waals surface area contributed by atoms with Gasteiger partial charge in [-0.15, -0.1) is 0 Å². The number of ether oxygens (including phenoxy) is 1. The lowest BCUT2D eigenvalue weighted by Gasteiger charge is -2.39. The Hall–Kier alpha value is -3.03. The van der Waals surface area contributed by atoms with E-state index >= 15 is 0 Å². The van der Waals surface area contributed by atoms with Crippen molar-refractivity contribution in [2.24, 2.45) is 5.92 Å². The van der Waals surface area contributed by atoms with Crippen LogP contribution < -0.4 is 10.1 Å². The van der Waals surface area contributed by atoms with Gasteiger partial charge in [-0.3, -0.25) is 14.5 Å². The summed E-state index contributed by atoms with van der Waals surface area (Å²) in [6, 6.07) is 19.5. The Balaban J connectivity index is 1.09. The Bertz CT molecular complexity index is 1660. The number of halogens is 3. The summed E-state index contributed by atoms with van der Waals surface area (Å²) in [4.78, 5) is 28.9. The molecule has 0 radical (unpaired) electrons. The lowest BCUT2D eigenvalue weighted by molar-refractivity contribution is 0.0807. The van der Waals surface area contributed by atoms with E-state index in [9.17, 15) is 9.59 Å². The standard InChI is InChI=1S/C35H36Cl3N3O3/c1-44-33-5-2-4-28-29(35(43)39-20-22-6-13-30(37)31(38)18-22)21-40(34(28)33)14-3-15-41-26-11-12-27(41)17-23(16-26)19-32(42)24-7-9-25(36)10-8-24/h2,4-10,13,18,21,23,26-27H,3,11-12,14-17,19-20H2,1H3,(H,39,43)/t23-,26+,27-. The molecule has 3 aromatic carbocycles. The fourth-order valence-electron chi connectivity index (χ4n) is 7.13. The highest BCUT2D eigenvalue weighted by atomic mass is 35.5. The van der Waals surface area contributed by atoms with Crippen molar-refractivity contribution < 1.29 is 14.3 Å². The SMILES string of the molecule is COc1cccc2c(C(=O)NCc3ccc(Cl)c(Cl)c3)cn(CCCN3[C@@H]4CC[C@H]3C[C@@H](CC(=O)c3ccc(Cl)cc3)C4)c12. The number of ketones is 1. The Morgan fingerprint density at radius 3 is 2.39 bits per heavy atom. The number of amides is 1. The summed E-state index contributed by atoms with van der Waals surface area (Å²) in [6.07, 6.45) is 8.03. The van der Waals surface area contributed by atoms with E-state index < -0.39 is 0 Å². The van der Waals surface area contributed by atoms with Crippen molar-refractivity contribution in [2.45, 2.75) is 63.7 Å². The third kappa shape index (κ3) is 6.64. The number of nitrogens with zero attached hydrogens (tertiary/aromatic N) is 2. The molecule has 1 amide bonds. The number of para-hydroxylation sites is 1. The van der Waals surface area contributed by atoms with Crippen LogP contribution in [0.4, 0.5) is 0 Å². The molecule has 2 fully saturated rings. The lowest BCUT2D eigenvalue weighted by Crippen LogP contribution is -2.43. The van der Waals surface area contributed by atoms with Gasteiger partial charge in [0.25, 0.3) is 5.91 Å². The quantitative estimate of drug-likeness (QED) is 0.165. The summed E-state index contributed by atoms with van der Waals surface area (Å²) < 4.78 is 7.87. The Labute approximate surface area is 273 Å². The molecule has 2 bridgehead atoms. The number of carbonyl (C=O) groups is 2. The molecule has 0 aliphatic carbocycles. The van der Waals surface area contributed by atoms with Gasteiger partial charge < -0.3 is 14.6 Å². The molecule has 2 saturated heterocycles. The molecule has 44 heavy (non-hydrogen) atoms. The first-order valence-electron chi connectivity index (χ1n) is 15.2. The highest BCUT2D eigenvalue weighted by molar-refractivity contribution is 6.42. The van der Waals surface area contributed by atoms with Crippen LogP contribution in [0.3, 0.4) is 0 Å². The summed E-state index contributed by atoms with van der Waals surface area (Å²) in [5.41, 5.74) is 3.17. The molecule has 3 atom stereocenters. The van der Waals surface area contributed by atoms with Crippen molar-refractivity contribution >= 4 is 57.4 Å². The van der Waals surface area contributed by atoms with Gasteiger partial charge >= 0.3 is 0 Å². The van der Waals surface area contributed by atoms with E-state index in [1.807, 2.05) is 42.6 Å². The van der Waals surface area contributed by atoms with Crippen molar-refractivity contribution in [3.8, 4) is 5.75 Å². The van der Waals surface area contributed by atoms with Crippen LogP contribution in [0.2, 0.25) is 15.1 Å². The zero-order valence-corrected chi connectivity index (χ0v) is 27.0. The second-order valence-electron chi connectivity index (χ2n) is 12.0. The minimum absolute atomic E-state index is 0.152. The van der Waals surface area contributed by atoms with E-state index in [1.165, 1.54) is 12.8 Å². The molecule has 1 aromatic heterocycles. The summed E-state index contributed by atoms with van der Waals surface area (Å²) in [6.45, 7) is 2.10. The van der Waals surface area contributed by atoms with E-state index in [-0.39, 0.29) is 11.7 Å². The smallest absolute Gasteiger partial charge is 0.253 e. The molecule has 230 valence electrons. The number of nitrogens with one attached hydrogen (secondary N) is 1. The van der Waals surface area contributed by atoms with Gasteiger partial charge in [-0.05, 0) is 86.1 Å². The van der Waals surface area contributed by atoms with Crippen molar-refractivity contribution in [2.75, 3.05) is 13.7 Å². The second kappa shape index (κ2) is 13.5.